The predicted octanol–water partition coefficient (Wildman–Crippen LogP) is 3.14. The Morgan fingerprint density at radius 3 is 2.62 bits per heavy atom. The topological polar surface area (TPSA) is 67.4 Å². The zero-order chi connectivity index (χ0) is 15.4. The lowest BCUT2D eigenvalue weighted by Crippen LogP contribution is -2.16. The predicted molar refractivity (Wildman–Crippen MR) is 84.3 cm³/mol. The van der Waals surface area contributed by atoms with Crippen LogP contribution in [-0.4, -0.2) is 26.0 Å². The molecule has 2 rings (SSSR count). The molecule has 1 heterocycles. The molecule has 0 radical (unpaired) electrons. The van der Waals surface area contributed by atoms with Crippen LogP contribution in [0, 0.1) is 6.92 Å². The van der Waals surface area contributed by atoms with E-state index in [-0.39, 0.29) is 5.91 Å². The maximum Gasteiger partial charge on any atom is 0.350 e. The molecule has 0 fully saturated rings. The second-order valence-corrected chi connectivity index (χ2v) is 5.24. The number of hydrogen-bond acceptors (Lipinski definition) is 5. The highest BCUT2D eigenvalue weighted by Gasteiger charge is 2.20. The molecule has 0 aliphatic heterocycles. The highest BCUT2D eigenvalue weighted by Crippen LogP contribution is 2.29. The van der Waals surface area contributed by atoms with Gasteiger partial charge in [0.25, 0.3) is 5.91 Å². The first-order valence-electron chi connectivity index (χ1n) is 6.33. The fourth-order valence-electron chi connectivity index (χ4n) is 1.92. The van der Waals surface area contributed by atoms with Gasteiger partial charge in [0, 0.05) is 12.7 Å². The third kappa shape index (κ3) is 3.05. The van der Waals surface area contributed by atoms with E-state index in [4.69, 9.17) is 4.74 Å². The van der Waals surface area contributed by atoms with Crippen LogP contribution >= 0.6 is 11.3 Å². The lowest BCUT2D eigenvalue weighted by molar-refractivity contribution is 0.0607. The van der Waals surface area contributed by atoms with Crippen LogP contribution in [0.1, 0.15) is 25.6 Å². The Bertz CT molecular complexity index is 679. The van der Waals surface area contributed by atoms with E-state index >= 15 is 0 Å². The van der Waals surface area contributed by atoms with Gasteiger partial charge >= 0.3 is 5.97 Å². The second kappa shape index (κ2) is 6.41. The number of thiophene rings is 1. The summed E-state index contributed by atoms with van der Waals surface area (Å²) in [4.78, 5) is 24.5. The van der Waals surface area contributed by atoms with Crippen molar-refractivity contribution >= 4 is 34.6 Å². The summed E-state index contributed by atoms with van der Waals surface area (Å²) in [7, 11) is 3.07. The normalized spacial score (nSPS) is 10.0. The summed E-state index contributed by atoms with van der Waals surface area (Å²) in [5, 5.41) is 7.58. The maximum atomic E-state index is 12.4. The molecule has 2 aromatic rings. The average Bonchev–Trinajstić information content (AvgIpc) is 2.87. The third-order valence-electron chi connectivity index (χ3n) is 3.03. The number of rotatable bonds is 4. The Morgan fingerprint density at radius 2 is 1.95 bits per heavy atom. The van der Waals surface area contributed by atoms with E-state index in [9.17, 15) is 9.59 Å². The lowest BCUT2D eigenvalue weighted by atomic mass is 10.1. The van der Waals surface area contributed by atoms with Crippen molar-refractivity contribution in [2.75, 3.05) is 24.8 Å². The van der Waals surface area contributed by atoms with Crippen molar-refractivity contribution in [3.63, 3.8) is 0 Å². The highest BCUT2D eigenvalue weighted by molar-refractivity contribution is 7.12. The number of para-hydroxylation sites is 1. The van der Waals surface area contributed by atoms with Crippen molar-refractivity contribution in [3.8, 4) is 0 Å². The van der Waals surface area contributed by atoms with E-state index in [1.54, 1.807) is 19.2 Å². The minimum absolute atomic E-state index is 0.272. The molecule has 110 valence electrons. The smallest absolute Gasteiger partial charge is 0.350 e. The van der Waals surface area contributed by atoms with Crippen LogP contribution in [0.15, 0.2) is 29.6 Å². The molecule has 5 nitrogen and oxygen atoms in total. The van der Waals surface area contributed by atoms with Gasteiger partial charge in [0.15, 0.2) is 0 Å². The highest BCUT2D eigenvalue weighted by atomic mass is 32.1. The minimum atomic E-state index is -0.453. The summed E-state index contributed by atoms with van der Waals surface area (Å²) in [5.41, 5.74) is 2.57. The summed E-state index contributed by atoms with van der Waals surface area (Å²) in [6.07, 6.45) is 0. The van der Waals surface area contributed by atoms with Gasteiger partial charge in [-0.25, -0.2) is 4.79 Å². The van der Waals surface area contributed by atoms with Crippen molar-refractivity contribution in [1.82, 2.24) is 0 Å². The standard InChI is InChI=1S/C15H16N2O3S/c1-9-8-21-13(15(19)20-3)12(9)17-14(18)10-6-4-5-7-11(10)16-2/h4-8,16H,1-3H3,(H,17,18). The lowest BCUT2D eigenvalue weighted by Gasteiger charge is -2.10. The van der Waals surface area contributed by atoms with E-state index in [0.717, 1.165) is 11.3 Å². The molecule has 0 bridgehead atoms. The van der Waals surface area contributed by atoms with E-state index in [1.807, 2.05) is 24.4 Å². The van der Waals surface area contributed by atoms with Crippen LogP contribution in [0.3, 0.4) is 0 Å². The number of aryl methyl sites for hydroxylation is 1. The first kappa shape index (κ1) is 15.1. The Labute approximate surface area is 126 Å². The number of benzene rings is 1. The number of carbonyl (C=O) groups is 2. The van der Waals surface area contributed by atoms with Gasteiger partial charge in [-0.1, -0.05) is 12.1 Å². The fraction of sp³-hybridized carbons (Fsp3) is 0.200. The van der Waals surface area contributed by atoms with E-state index in [2.05, 4.69) is 10.6 Å². The molecular weight excluding hydrogens is 288 g/mol. The SMILES string of the molecule is CNc1ccccc1C(=O)Nc1c(C)csc1C(=O)OC. The zero-order valence-electron chi connectivity index (χ0n) is 12.0. The molecule has 1 amide bonds. The Kier molecular flexibility index (Phi) is 4.59. The van der Waals surface area contributed by atoms with Crippen LogP contribution in [-0.2, 0) is 4.74 Å². The van der Waals surface area contributed by atoms with Gasteiger partial charge in [0.1, 0.15) is 4.88 Å². The van der Waals surface area contributed by atoms with Gasteiger partial charge in [0.05, 0.1) is 18.4 Å². The number of methoxy groups -OCH3 is 1. The van der Waals surface area contributed by atoms with Crippen molar-refractivity contribution in [3.05, 3.63) is 45.6 Å². The van der Waals surface area contributed by atoms with Crippen LogP contribution in [0.4, 0.5) is 11.4 Å². The van der Waals surface area contributed by atoms with Crippen molar-refractivity contribution in [2.45, 2.75) is 6.92 Å². The molecule has 0 saturated carbocycles. The molecule has 0 saturated heterocycles. The summed E-state index contributed by atoms with van der Waals surface area (Å²) in [5.74, 6) is -0.725. The Morgan fingerprint density at radius 1 is 1.24 bits per heavy atom. The Balaban J connectivity index is 2.32. The first-order chi connectivity index (χ1) is 10.1. The van der Waals surface area contributed by atoms with E-state index in [0.29, 0.717) is 16.1 Å². The third-order valence-corrected chi connectivity index (χ3v) is 4.10. The minimum Gasteiger partial charge on any atom is -0.465 e. The van der Waals surface area contributed by atoms with Crippen LogP contribution in [0.2, 0.25) is 0 Å². The summed E-state index contributed by atoms with van der Waals surface area (Å²) >= 11 is 1.25. The molecule has 0 aliphatic carbocycles. The number of esters is 1. The second-order valence-electron chi connectivity index (χ2n) is 4.36. The summed E-state index contributed by atoms with van der Waals surface area (Å²) in [6, 6.07) is 7.17. The maximum absolute atomic E-state index is 12.4. The molecule has 6 heteroatoms. The summed E-state index contributed by atoms with van der Waals surface area (Å²) < 4.78 is 4.73. The van der Waals surface area contributed by atoms with Gasteiger partial charge < -0.3 is 15.4 Å². The largest absolute Gasteiger partial charge is 0.465 e. The number of carbonyl (C=O) groups excluding carboxylic acids is 2. The molecule has 21 heavy (non-hydrogen) atoms. The molecule has 1 aromatic carbocycles. The summed E-state index contributed by atoms with van der Waals surface area (Å²) in [6.45, 7) is 1.84. The van der Waals surface area contributed by atoms with Gasteiger partial charge in [-0.05, 0) is 30.0 Å². The first-order valence-corrected chi connectivity index (χ1v) is 7.21. The number of hydrogen-bond donors (Lipinski definition) is 2. The molecule has 0 atom stereocenters. The molecule has 1 aromatic heterocycles. The van der Waals surface area contributed by atoms with Crippen molar-refractivity contribution < 1.29 is 14.3 Å². The van der Waals surface area contributed by atoms with E-state index < -0.39 is 5.97 Å². The van der Waals surface area contributed by atoms with Crippen LogP contribution < -0.4 is 10.6 Å². The fourth-order valence-corrected chi connectivity index (χ4v) is 2.84. The number of anilines is 2. The average molecular weight is 304 g/mol. The van der Waals surface area contributed by atoms with Gasteiger partial charge in [0.2, 0.25) is 0 Å². The van der Waals surface area contributed by atoms with Crippen LogP contribution in [0.25, 0.3) is 0 Å². The number of ether oxygens (including phenoxy) is 1. The quantitative estimate of drug-likeness (QED) is 0.852. The molecule has 0 aliphatic rings. The van der Waals surface area contributed by atoms with E-state index in [1.165, 1.54) is 18.4 Å². The van der Waals surface area contributed by atoms with Gasteiger partial charge in [-0.15, -0.1) is 11.3 Å². The molecule has 0 unspecified atom stereocenters. The van der Waals surface area contributed by atoms with Crippen molar-refractivity contribution in [1.29, 1.82) is 0 Å². The molecule has 0 spiro atoms. The van der Waals surface area contributed by atoms with Crippen molar-refractivity contribution in [2.24, 2.45) is 0 Å². The molecular formula is C15H16N2O3S. The monoisotopic (exact) mass is 304 g/mol. The van der Waals surface area contributed by atoms with Gasteiger partial charge in [-0.2, -0.15) is 0 Å². The molecule has 2 N–H and O–H groups in total. The number of nitrogens with one attached hydrogen (secondary N) is 2. The van der Waals surface area contributed by atoms with Crippen LogP contribution in [0.5, 0.6) is 0 Å². The number of amides is 1. The van der Waals surface area contributed by atoms with Gasteiger partial charge in [-0.3, -0.25) is 4.79 Å². The zero-order valence-corrected chi connectivity index (χ0v) is 12.8. The Hall–Kier alpha value is -2.34.